The van der Waals surface area contributed by atoms with Gasteiger partial charge >= 0.3 is 0 Å². The molecule has 2 aromatic carbocycles. The van der Waals surface area contributed by atoms with E-state index in [0.29, 0.717) is 18.0 Å². The van der Waals surface area contributed by atoms with Gasteiger partial charge in [0.25, 0.3) is 5.56 Å². The van der Waals surface area contributed by atoms with Crippen LogP contribution in [0.3, 0.4) is 0 Å². The number of para-hydroxylation sites is 1. The summed E-state index contributed by atoms with van der Waals surface area (Å²) in [6.07, 6.45) is 2.78. The van der Waals surface area contributed by atoms with Crippen LogP contribution in [-0.2, 0) is 24.9 Å². The van der Waals surface area contributed by atoms with Gasteiger partial charge in [0, 0.05) is 43.0 Å². The van der Waals surface area contributed by atoms with Crippen molar-refractivity contribution in [2.45, 2.75) is 26.4 Å². The van der Waals surface area contributed by atoms with Crippen molar-refractivity contribution in [3.8, 4) is 0 Å². The first-order valence-electron chi connectivity index (χ1n) is 11.5. The summed E-state index contributed by atoms with van der Waals surface area (Å²) in [6.45, 7) is 5.85. The van der Waals surface area contributed by atoms with Crippen LogP contribution in [0.1, 0.15) is 17.5 Å². The van der Waals surface area contributed by atoms with E-state index in [1.54, 1.807) is 13.2 Å². The van der Waals surface area contributed by atoms with Crippen molar-refractivity contribution < 1.29 is 4.79 Å². The zero-order chi connectivity index (χ0) is 22.9. The van der Waals surface area contributed by atoms with Crippen LogP contribution in [-0.4, -0.2) is 44.8 Å². The molecule has 1 amide bonds. The van der Waals surface area contributed by atoms with E-state index in [4.69, 9.17) is 0 Å². The van der Waals surface area contributed by atoms with Gasteiger partial charge in [-0.2, -0.15) is 5.10 Å². The van der Waals surface area contributed by atoms with E-state index >= 15 is 0 Å². The number of carbonyl (C=O) groups is 1. The van der Waals surface area contributed by atoms with Gasteiger partial charge in [-0.1, -0.05) is 48.0 Å². The van der Waals surface area contributed by atoms with Crippen LogP contribution in [0.5, 0.6) is 0 Å². The largest absolute Gasteiger partial charge is 0.354 e. The zero-order valence-corrected chi connectivity index (χ0v) is 19.1. The Kier molecular flexibility index (Phi) is 5.72. The summed E-state index contributed by atoms with van der Waals surface area (Å²) in [5.74, 6) is 0.364. The normalized spacial score (nSPS) is 16.6. The maximum absolute atomic E-state index is 12.9. The van der Waals surface area contributed by atoms with Crippen molar-refractivity contribution in [1.82, 2.24) is 24.6 Å². The third-order valence-corrected chi connectivity index (χ3v) is 6.65. The van der Waals surface area contributed by atoms with Crippen molar-refractivity contribution in [1.29, 1.82) is 0 Å². The van der Waals surface area contributed by atoms with Crippen LogP contribution in [0.4, 0.5) is 0 Å². The molecule has 0 unspecified atom stereocenters. The molecule has 7 heteroatoms. The van der Waals surface area contributed by atoms with Crippen LogP contribution < -0.4 is 10.9 Å². The van der Waals surface area contributed by atoms with E-state index < -0.39 is 0 Å². The topological polar surface area (TPSA) is 72.2 Å². The van der Waals surface area contributed by atoms with E-state index in [2.05, 4.69) is 46.5 Å². The first-order chi connectivity index (χ1) is 16.0. The number of amides is 1. The van der Waals surface area contributed by atoms with Crippen LogP contribution in [0.15, 0.2) is 59.5 Å². The van der Waals surface area contributed by atoms with Crippen LogP contribution in [0.25, 0.3) is 21.8 Å². The number of hydrogen-bond acceptors (Lipinski definition) is 4. The SMILES string of the molecule is Cc1ccc(CN2CC[C@@H](CNC(=O)Cn3c4ccccc4c4cnn(C)c(=O)c43)C2)cc1. The number of nitrogens with zero attached hydrogens (tertiary/aromatic N) is 4. The number of nitrogens with one attached hydrogen (secondary N) is 1. The Hall–Kier alpha value is -3.45. The number of likely N-dealkylation sites (tertiary alicyclic amines) is 1. The molecule has 7 nitrogen and oxygen atoms in total. The number of aryl methyl sites for hydroxylation is 2. The second-order valence-corrected chi connectivity index (χ2v) is 9.12. The maximum atomic E-state index is 12.9. The molecule has 0 spiro atoms. The first-order valence-corrected chi connectivity index (χ1v) is 11.5. The van der Waals surface area contributed by atoms with Crippen molar-refractivity contribution >= 4 is 27.7 Å². The highest BCUT2D eigenvalue weighted by Crippen LogP contribution is 2.26. The van der Waals surface area contributed by atoms with Gasteiger partial charge in [0.15, 0.2) is 0 Å². The molecule has 1 fully saturated rings. The van der Waals surface area contributed by atoms with Gasteiger partial charge in [-0.05, 0) is 37.4 Å². The van der Waals surface area contributed by atoms with Gasteiger partial charge < -0.3 is 9.88 Å². The summed E-state index contributed by atoms with van der Waals surface area (Å²) in [6, 6.07) is 16.5. The maximum Gasteiger partial charge on any atom is 0.291 e. The van der Waals surface area contributed by atoms with Gasteiger partial charge in [0.1, 0.15) is 12.1 Å². The Labute approximate surface area is 192 Å². The minimum Gasteiger partial charge on any atom is -0.354 e. The lowest BCUT2D eigenvalue weighted by atomic mass is 10.1. The summed E-state index contributed by atoms with van der Waals surface area (Å²) >= 11 is 0. The second-order valence-electron chi connectivity index (χ2n) is 9.12. The minimum absolute atomic E-state index is 0.0755. The average Bonchev–Trinajstić information content (AvgIpc) is 3.39. The molecule has 0 aliphatic carbocycles. The smallest absolute Gasteiger partial charge is 0.291 e. The number of aromatic nitrogens is 3. The van der Waals surface area contributed by atoms with Gasteiger partial charge in [-0.25, -0.2) is 4.68 Å². The van der Waals surface area contributed by atoms with E-state index in [0.717, 1.165) is 42.3 Å². The van der Waals surface area contributed by atoms with Crippen molar-refractivity contribution in [2.24, 2.45) is 13.0 Å². The molecular weight excluding hydrogens is 414 g/mol. The fourth-order valence-corrected chi connectivity index (χ4v) is 4.84. The molecule has 1 atom stereocenters. The summed E-state index contributed by atoms with van der Waals surface area (Å²) in [5.41, 5.74) is 3.80. The summed E-state index contributed by atoms with van der Waals surface area (Å²) in [5, 5.41) is 8.99. The molecule has 1 aliphatic rings. The Morgan fingerprint density at radius 1 is 1.12 bits per heavy atom. The monoisotopic (exact) mass is 443 g/mol. The number of benzene rings is 2. The molecule has 0 radical (unpaired) electrons. The van der Waals surface area contributed by atoms with E-state index in [1.165, 1.54) is 15.8 Å². The highest BCUT2D eigenvalue weighted by molar-refractivity contribution is 6.07. The molecule has 1 N–H and O–H groups in total. The van der Waals surface area contributed by atoms with Crippen LogP contribution in [0.2, 0.25) is 0 Å². The van der Waals surface area contributed by atoms with Gasteiger partial charge in [-0.3, -0.25) is 14.5 Å². The number of carbonyl (C=O) groups excluding carboxylic acids is 1. The lowest BCUT2D eigenvalue weighted by Crippen LogP contribution is -2.33. The van der Waals surface area contributed by atoms with Crippen LogP contribution in [0, 0.1) is 12.8 Å². The van der Waals surface area contributed by atoms with Gasteiger partial charge in [-0.15, -0.1) is 0 Å². The van der Waals surface area contributed by atoms with Crippen molar-refractivity contribution in [3.05, 3.63) is 76.2 Å². The molecule has 33 heavy (non-hydrogen) atoms. The van der Waals surface area contributed by atoms with Crippen molar-refractivity contribution in [2.75, 3.05) is 19.6 Å². The molecule has 4 aromatic rings. The molecule has 0 saturated carbocycles. The van der Waals surface area contributed by atoms with Crippen LogP contribution >= 0.6 is 0 Å². The summed E-state index contributed by atoms with van der Waals surface area (Å²) in [4.78, 5) is 28.1. The predicted octanol–water partition coefficient (Wildman–Crippen LogP) is 2.83. The number of hydrogen-bond donors (Lipinski definition) is 1. The molecule has 5 rings (SSSR count). The first kappa shape index (κ1) is 21.4. The highest BCUT2D eigenvalue weighted by Gasteiger charge is 2.23. The Bertz CT molecular complexity index is 1370. The zero-order valence-electron chi connectivity index (χ0n) is 19.1. The lowest BCUT2D eigenvalue weighted by Gasteiger charge is -2.17. The third kappa shape index (κ3) is 4.28. The molecule has 170 valence electrons. The van der Waals surface area contributed by atoms with E-state index in [9.17, 15) is 9.59 Å². The molecule has 1 aliphatic heterocycles. The van der Waals surface area contributed by atoms with Gasteiger partial charge in [0.2, 0.25) is 5.91 Å². The fraction of sp³-hybridized carbons (Fsp3) is 0.346. The average molecular weight is 444 g/mol. The predicted molar refractivity (Wildman–Crippen MR) is 130 cm³/mol. The summed E-state index contributed by atoms with van der Waals surface area (Å²) in [7, 11) is 1.63. The van der Waals surface area contributed by atoms with Gasteiger partial charge in [0.05, 0.1) is 6.20 Å². The second kappa shape index (κ2) is 8.83. The molecule has 1 saturated heterocycles. The Morgan fingerprint density at radius 3 is 2.73 bits per heavy atom. The molecule has 0 bridgehead atoms. The molecule has 2 aromatic heterocycles. The van der Waals surface area contributed by atoms with E-state index in [1.807, 2.05) is 28.8 Å². The highest BCUT2D eigenvalue weighted by atomic mass is 16.2. The third-order valence-electron chi connectivity index (χ3n) is 6.65. The minimum atomic E-state index is -0.195. The van der Waals surface area contributed by atoms with Crippen molar-refractivity contribution in [3.63, 3.8) is 0 Å². The number of rotatable bonds is 6. The number of fused-ring (bicyclic) bond motifs is 3. The van der Waals surface area contributed by atoms with E-state index in [-0.39, 0.29) is 18.0 Å². The Balaban J connectivity index is 1.25. The fourth-order valence-electron chi connectivity index (χ4n) is 4.84. The quantitative estimate of drug-likeness (QED) is 0.497. The standard InChI is InChI=1S/C26H29N5O2/c1-18-7-9-19(10-8-18)15-30-12-11-20(16-30)13-27-24(32)17-31-23-6-4-3-5-21(23)22-14-28-29(2)26(33)25(22)31/h3-10,14,20H,11-13,15-17H2,1-2H3,(H,27,32)/t20-/m0/s1. The summed E-state index contributed by atoms with van der Waals surface area (Å²) < 4.78 is 3.14. The Morgan fingerprint density at radius 2 is 1.91 bits per heavy atom. The lowest BCUT2D eigenvalue weighted by molar-refractivity contribution is -0.121. The molecule has 3 heterocycles. The molecular formula is C26H29N5O2.